The molecule has 0 radical (unpaired) electrons. The second-order valence-corrected chi connectivity index (χ2v) is 7.24. The summed E-state index contributed by atoms with van der Waals surface area (Å²) in [6.07, 6.45) is 2.01. The van der Waals surface area contributed by atoms with Crippen molar-refractivity contribution in [1.82, 2.24) is 9.80 Å². The Bertz CT molecular complexity index is 862. The highest BCUT2D eigenvalue weighted by Crippen LogP contribution is 2.30. The van der Waals surface area contributed by atoms with E-state index < -0.39 is 6.04 Å². The highest BCUT2D eigenvalue weighted by molar-refractivity contribution is 5.98. The van der Waals surface area contributed by atoms with Crippen molar-refractivity contribution in [2.24, 2.45) is 0 Å². The van der Waals surface area contributed by atoms with Crippen molar-refractivity contribution >= 4 is 11.8 Å². The van der Waals surface area contributed by atoms with Crippen LogP contribution < -0.4 is 4.74 Å². The maximum absolute atomic E-state index is 13.0. The summed E-state index contributed by atoms with van der Waals surface area (Å²) in [6.45, 7) is 3.28. The molecule has 27 heavy (non-hydrogen) atoms. The van der Waals surface area contributed by atoms with Gasteiger partial charge in [0.2, 0.25) is 5.91 Å². The summed E-state index contributed by atoms with van der Waals surface area (Å²) < 4.78 is 5.42. The molecule has 0 aliphatic carbocycles. The fourth-order valence-electron chi connectivity index (χ4n) is 4.17. The normalized spacial score (nSPS) is 21.9. The number of benzene rings is 2. The van der Waals surface area contributed by atoms with Gasteiger partial charge in [0.1, 0.15) is 11.8 Å². The number of fused-ring (bicyclic) bond motifs is 1. The van der Waals surface area contributed by atoms with E-state index in [0.717, 1.165) is 36.3 Å². The van der Waals surface area contributed by atoms with Crippen LogP contribution in [0.15, 0.2) is 48.5 Å². The number of carbonyl (C=O) groups is 2. The molecule has 4 rings (SSSR count). The first-order valence-corrected chi connectivity index (χ1v) is 9.45. The molecule has 0 N–H and O–H groups in total. The van der Waals surface area contributed by atoms with Crippen molar-refractivity contribution in [1.29, 1.82) is 0 Å². The first-order chi connectivity index (χ1) is 13.1. The Hall–Kier alpha value is -2.82. The van der Waals surface area contributed by atoms with Crippen LogP contribution in [-0.2, 0) is 4.79 Å². The molecule has 5 nitrogen and oxygen atoms in total. The monoisotopic (exact) mass is 364 g/mol. The van der Waals surface area contributed by atoms with Crippen LogP contribution in [0, 0.1) is 0 Å². The number of piperazine rings is 1. The lowest BCUT2D eigenvalue weighted by molar-refractivity contribution is -0.141. The molecular formula is C22H24N2O3. The molecule has 140 valence electrons. The molecule has 0 bridgehead atoms. The van der Waals surface area contributed by atoms with Gasteiger partial charge in [-0.25, -0.2) is 0 Å². The van der Waals surface area contributed by atoms with Crippen molar-refractivity contribution < 1.29 is 14.3 Å². The van der Waals surface area contributed by atoms with Gasteiger partial charge in [-0.2, -0.15) is 0 Å². The van der Waals surface area contributed by atoms with Gasteiger partial charge in [0.15, 0.2) is 0 Å². The summed E-state index contributed by atoms with van der Waals surface area (Å²) in [7, 11) is 1.65. The van der Waals surface area contributed by atoms with E-state index >= 15 is 0 Å². The van der Waals surface area contributed by atoms with Gasteiger partial charge in [0.05, 0.1) is 7.11 Å². The average Bonchev–Trinajstić information content (AvgIpc) is 3.19. The van der Waals surface area contributed by atoms with E-state index in [1.54, 1.807) is 12.0 Å². The van der Waals surface area contributed by atoms with Crippen molar-refractivity contribution in [3.05, 3.63) is 54.1 Å². The van der Waals surface area contributed by atoms with E-state index in [4.69, 9.17) is 4.74 Å². The third-order valence-electron chi connectivity index (χ3n) is 5.70. The number of carbonyl (C=O) groups excluding carboxylic acids is 2. The number of para-hydroxylation sites is 1. The number of hydrogen-bond donors (Lipinski definition) is 0. The second-order valence-electron chi connectivity index (χ2n) is 7.24. The number of nitrogens with zero attached hydrogens (tertiary/aromatic N) is 2. The minimum Gasteiger partial charge on any atom is -0.496 e. The van der Waals surface area contributed by atoms with Gasteiger partial charge in [-0.3, -0.25) is 9.59 Å². The lowest BCUT2D eigenvalue weighted by atomic mass is 10.0. The SMILES string of the molecule is COc1ccccc1-c1ccc(C(=O)N2C[C@@H]3CCCN3C(=O)[C@H]2C)cc1. The molecule has 2 aromatic carbocycles. The van der Waals surface area contributed by atoms with Crippen LogP contribution in [0.3, 0.4) is 0 Å². The van der Waals surface area contributed by atoms with E-state index in [0.29, 0.717) is 12.1 Å². The second kappa shape index (κ2) is 7.06. The van der Waals surface area contributed by atoms with Crippen LogP contribution in [-0.4, -0.2) is 53.9 Å². The Morgan fingerprint density at radius 3 is 2.59 bits per heavy atom. The van der Waals surface area contributed by atoms with Crippen molar-refractivity contribution in [2.75, 3.05) is 20.2 Å². The fraction of sp³-hybridized carbons (Fsp3) is 0.364. The standard InChI is InChI=1S/C22H24N2O3/c1-15-21(25)23-13-5-6-18(23)14-24(15)22(26)17-11-9-16(10-12-17)19-7-3-4-8-20(19)27-2/h3-4,7-12,15,18H,5-6,13-14H2,1-2H3/t15-,18+/m1/s1. The molecule has 2 atom stereocenters. The minimum absolute atomic E-state index is 0.0720. The molecule has 5 heteroatoms. The quantitative estimate of drug-likeness (QED) is 0.840. The van der Waals surface area contributed by atoms with Crippen molar-refractivity contribution in [2.45, 2.75) is 31.8 Å². The molecule has 2 fully saturated rings. The summed E-state index contributed by atoms with van der Waals surface area (Å²) in [5, 5.41) is 0. The van der Waals surface area contributed by atoms with Gasteiger partial charge in [-0.15, -0.1) is 0 Å². The van der Waals surface area contributed by atoms with Crippen LogP contribution in [0.5, 0.6) is 5.75 Å². The lowest BCUT2D eigenvalue weighted by Gasteiger charge is -2.41. The molecular weight excluding hydrogens is 340 g/mol. The lowest BCUT2D eigenvalue weighted by Crippen LogP contribution is -2.60. The first kappa shape index (κ1) is 17.6. The van der Waals surface area contributed by atoms with Crippen LogP contribution >= 0.6 is 0 Å². The molecule has 0 saturated carbocycles. The molecule has 2 heterocycles. The molecule has 2 saturated heterocycles. The zero-order valence-electron chi connectivity index (χ0n) is 15.7. The Morgan fingerprint density at radius 2 is 1.85 bits per heavy atom. The third-order valence-corrected chi connectivity index (χ3v) is 5.70. The van der Waals surface area contributed by atoms with Crippen LogP contribution in [0.4, 0.5) is 0 Å². The summed E-state index contributed by atoms with van der Waals surface area (Å²) in [5.74, 6) is 0.796. The number of amides is 2. The molecule has 0 unspecified atom stereocenters. The molecule has 2 amide bonds. The van der Waals surface area contributed by atoms with Crippen LogP contribution in [0.25, 0.3) is 11.1 Å². The predicted octanol–water partition coefficient (Wildman–Crippen LogP) is 3.20. The topological polar surface area (TPSA) is 49.9 Å². The Morgan fingerprint density at radius 1 is 1.11 bits per heavy atom. The van der Waals surface area contributed by atoms with Gasteiger partial charge < -0.3 is 14.5 Å². The Balaban J connectivity index is 1.57. The molecule has 2 aromatic rings. The molecule has 2 aliphatic heterocycles. The smallest absolute Gasteiger partial charge is 0.254 e. The molecule has 0 aromatic heterocycles. The average molecular weight is 364 g/mol. The highest BCUT2D eigenvalue weighted by Gasteiger charge is 2.42. The molecule has 2 aliphatic rings. The zero-order chi connectivity index (χ0) is 19.0. The fourth-order valence-corrected chi connectivity index (χ4v) is 4.17. The van der Waals surface area contributed by atoms with E-state index in [-0.39, 0.29) is 17.9 Å². The third kappa shape index (κ3) is 3.07. The maximum atomic E-state index is 13.0. The van der Waals surface area contributed by atoms with E-state index in [2.05, 4.69) is 0 Å². The van der Waals surface area contributed by atoms with Crippen molar-refractivity contribution in [3.8, 4) is 16.9 Å². The largest absolute Gasteiger partial charge is 0.496 e. The number of ether oxygens (including phenoxy) is 1. The van der Waals surface area contributed by atoms with Gasteiger partial charge in [-0.1, -0.05) is 30.3 Å². The van der Waals surface area contributed by atoms with Crippen LogP contribution in [0.1, 0.15) is 30.1 Å². The number of methoxy groups -OCH3 is 1. The summed E-state index contributed by atoms with van der Waals surface area (Å²) in [5.41, 5.74) is 2.59. The van der Waals surface area contributed by atoms with Gasteiger partial charge in [-0.05, 0) is 43.5 Å². The molecule has 0 spiro atoms. The summed E-state index contributed by atoms with van der Waals surface area (Å²) in [6, 6.07) is 15.1. The van der Waals surface area contributed by atoms with Crippen molar-refractivity contribution in [3.63, 3.8) is 0 Å². The van der Waals surface area contributed by atoms with E-state index in [1.165, 1.54) is 0 Å². The Labute approximate surface area is 159 Å². The van der Waals surface area contributed by atoms with Gasteiger partial charge >= 0.3 is 0 Å². The Kier molecular flexibility index (Phi) is 4.60. The number of rotatable bonds is 3. The number of hydrogen-bond acceptors (Lipinski definition) is 3. The highest BCUT2D eigenvalue weighted by atomic mass is 16.5. The first-order valence-electron chi connectivity index (χ1n) is 9.45. The van der Waals surface area contributed by atoms with E-state index in [1.807, 2.05) is 60.4 Å². The zero-order valence-corrected chi connectivity index (χ0v) is 15.7. The predicted molar refractivity (Wildman–Crippen MR) is 104 cm³/mol. The van der Waals surface area contributed by atoms with Crippen LogP contribution in [0.2, 0.25) is 0 Å². The minimum atomic E-state index is -0.402. The van der Waals surface area contributed by atoms with Gasteiger partial charge in [0.25, 0.3) is 5.91 Å². The summed E-state index contributed by atoms with van der Waals surface area (Å²) in [4.78, 5) is 29.3. The summed E-state index contributed by atoms with van der Waals surface area (Å²) >= 11 is 0. The maximum Gasteiger partial charge on any atom is 0.254 e. The van der Waals surface area contributed by atoms with Gasteiger partial charge in [0, 0.05) is 30.3 Å². The van der Waals surface area contributed by atoms with E-state index in [9.17, 15) is 9.59 Å².